The Morgan fingerprint density at radius 1 is 1.38 bits per heavy atom. The molecule has 0 rings (SSSR count). The molecule has 0 aromatic heterocycles. The van der Waals surface area contributed by atoms with Crippen molar-refractivity contribution in [2.45, 2.75) is 0 Å². The van der Waals surface area contributed by atoms with Gasteiger partial charge in [0.05, 0.1) is 0 Å². The Kier molecular flexibility index (Phi) is 2.74. The monoisotopic (exact) mass is 129 g/mol. The molecule has 0 saturated heterocycles. The van der Waals surface area contributed by atoms with Gasteiger partial charge < -0.3 is 9.90 Å². The number of thiol groups is 1. The van der Waals surface area contributed by atoms with Gasteiger partial charge >= 0.3 is 0 Å². The van der Waals surface area contributed by atoms with Gasteiger partial charge in [0.2, 0.25) is 0 Å². The Morgan fingerprint density at radius 2 is 1.88 bits per heavy atom. The summed E-state index contributed by atoms with van der Waals surface area (Å²) in [7, 11) is 0. The maximum atomic E-state index is 9.75. The van der Waals surface area contributed by atoms with E-state index in [-0.39, 0.29) is 0 Å². The molecule has 0 spiro atoms. The van der Waals surface area contributed by atoms with Crippen LogP contribution in [0.15, 0.2) is 0 Å². The van der Waals surface area contributed by atoms with E-state index in [1.165, 1.54) is 5.92 Å². The van der Waals surface area contributed by atoms with E-state index in [4.69, 9.17) is 0 Å². The number of rotatable bonds is 0. The predicted molar refractivity (Wildman–Crippen MR) is 26.8 cm³/mol. The van der Waals surface area contributed by atoms with Gasteiger partial charge in [-0.25, -0.2) is 0 Å². The lowest BCUT2D eigenvalue weighted by Crippen LogP contribution is -2.19. The fraction of sp³-hybridized carbons (Fsp3) is 0. The van der Waals surface area contributed by atoms with Gasteiger partial charge in [0, 0.05) is 0 Å². The smallest absolute Gasteiger partial charge is 0.259 e. The van der Waals surface area contributed by atoms with Crippen LogP contribution in [0.25, 0.3) is 0 Å². The van der Waals surface area contributed by atoms with Crippen LogP contribution < -0.4 is 5.11 Å². The maximum Gasteiger partial charge on any atom is 0.259 e. The first-order chi connectivity index (χ1) is 3.63. The van der Waals surface area contributed by atoms with Gasteiger partial charge in [-0.1, -0.05) is 12.6 Å². The molecule has 3 nitrogen and oxygen atoms in total. The maximum absolute atomic E-state index is 9.75. The lowest BCUT2D eigenvalue weighted by atomic mass is 10.6. The molecule has 0 saturated carbocycles. The number of carboxylic acids is 1. The van der Waals surface area contributed by atoms with E-state index in [0.717, 1.165) is 0 Å². The number of carboxylic acid groups (broad SMARTS) is 1. The minimum atomic E-state index is -1.58. The van der Waals surface area contributed by atoms with Crippen LogP contribution in [-0.4, -0.2) is 11.1 Å². The molecule has 0 unspecified atom stereocenters. The predicted octanol–water partition coefficient (Wildman–Crippen LogP) is -1.80. The fourth-order valence-corrected chi connectivity index (χ4v) is 0.160. The second kappa shape index (κ2) is 3.10. The summed E-state index contributed by atoms with van der Waals surface area (Å²) in [5, 5.41) is 8.65. The van der Waals surface area contributed by atoms with Gasteiger partial charge in [-0.15, -0.1) is 0 Å². The van der Waals surface area contributed by atoms with Crippen molar-refractivity contribution in [1.82, 2.24) is 0 Å². The SMILES string of the molecule is O=C([O-])C#CC(=O)S. The summed E-state index contributed by atoms with van der Waals surface area (Å²) in [6.07, 6.45) is 0. The Morgan fingerprint density at radius 3 is 2.00 bits per heavy atom. The largest absolute Gasteiger partial charge is 0.537 e. The highest BCUT2D eigenvalue weighted by molar-refractivity contribution is 7.97. The summed E-state index contributed by atoms with van der Waals surface area (Å²) in [5.74, 6) is 1.56. The highest BCUT2D eigenvalue weighted by atomic mass is 32.1. The van der Waals surface area contributed by atoms with E-state index in [0.29, 0.717) is 0 Å². The van der Waals surface area contributed by atoms with Crippen LogP contribution in [-0.2, 0) is 9.59 Å². The summed E-state index contributed by atoms with van der Waals surface area (Å²) in [4.78, 5) is 19.2. The first-order valence-corrected chi connectivity index (χ1v) is 2.03. The second-order valence-corrected chi connectivity index (χ2v) is 1.25. The zero-order valence-corrected chi connectivity index (χ0v) is 4.57. The summed E-state index contributed by atoms with van der Waals surface area (Å²) in [5.41, 5.74) is 0. The summed E-state index contributed by atoms with van der Waals surface area (Å²) >= 11 is 3.17. The zero-order valence-electron chi connectivity index (χ0n) is 3.67. The minimum Gasteiger partial charge on any atom is -0.537 e. The van der Waals surface area contributed by atoms with Crippen LogP contribution in [0.4, 0.5) is 0 Å². The Bertz CT molecular complexity index is 155. The number of carbonyl (C=O) groups excluding carboxylic acids is 2. The second-order valence-electron chi connectivity index (χ2n) is 0.843. The van der Waals surface area contributed by atoms with Crippen LogP contribution >= 0.6 is 12.6 Å². The van der Waals surface area contributed by atoms with Crippen LogP contribution in [0.5, 0.6) is 0 Å². The molecule has 0 aromatic rings. The molecule has 42 valence electrons. The zero-order chi connectivity index (χ0) is 6.57. The molecule has 4 heteroatoms. The van der Waals surface area contributed by atoms with Gasteiger partial charge in [-0.3, -0.25) is 4.79 Å². The number of hydrogen-bond acceptors (Lipinski definition) is 3. The molecule has 0 fully saturated rings. The minimum absolute atomic E-state index is 0.783. The molecule has 0 aliphatic heterocycles. The molecule has 0 aliphatic rings. The first-order valence-electron chi connectivity index (χ1n) is 1.59. The van der Waals surface area contributed by atoms with Crippen molar-refractivity contribution in [2.24, 2.45) is 0 Å². The van der Waals surface area contributed by atoms with Crippen LogP contribution in [0.1, 0.15) is 0 Å². The third-order valence-electron chi connectivity index (χ3n) is 0.271. The lowest BCUT2D eigenvalue weighted by Gasteiger charge is -1.79. The van der Waals surface area contributed by atoms with Crippen molar-refractivity contribution < 1.29 is 14.7 Å². The first kappa shape index (κ1) is 7.05. The van der Waals surface area contributed by atoms with E-state index < -0.39 is 11.1 Å². The van der Waals surface area contributed by atoms with Crippen molar-refractivity contribution in [2.75, 3.05) is 0 Å². The van der Waals surface area contributed by atoms with Crippen molar-refractivity contribution in [3.05, 3.63) is 0 Å². The molecular formula is C4HO3S-. The van der Waals surface area contributed by atoms with E-state index in [1.54, 1.807) is 5.92 Å². The topological polar surface area (TPSA) is 57.2 Å². The molecule has 0 heterocycles. The third-order valence-corrected chi connectivity index (χ3v) is 0.383. The Labute approximate surface area is 51.1 Å². The quantitative estimate of drug-likeness (QED) is 0.310. The van der Waals surface area contributed by atoms with Crippen molar-refractivity contribution in [3.8, 4) is 11.8 Å². The lowest BCUT2D eigenvalue weighted by molar-refractivity contribution is -0.295. The summed E-state index contributed by atoms with van der Waals surface area (Å²) < 4.78 is 0. The molecule has 0 amide bonds. The van der Waals surface area contributed by atoms with Gasteiger partial charge in [0.15, 0.2) is 0 Å². The highest BCUT2D eigenvalue weighted by Crippen LogP contribution is 1.70. The van der Waals surface area contributed by atoms with Crippen LogP contribution in [0.2, 0.25) is 0 Å². The van der Waals surface area contributed by atoms with E-state index in [9.17, 15) is 14.7 Å². The normalized spacial score (nSPS) is 6.62. The number of carbonyl (C=O) groups is 2. The Balaban J connectivity index is 3.87. The standard InChI is InChI=1S/C4H2O3S/c5-3(6)1-2-4(7)8/h(H,5,6)(H,7,8)/p-1. The van der Waals surface area contributed by atoms with E-state index in [1.807, 2.05) is 0 Å². The highest BCUT2D eigenvalue weighted by Gasteiger charge is 1.77. The van der Waals surface area contributed by atoms with Gasteiger partial charge in [0.25, 0.3) is 5.12 Å². The average Bonchev–Trinajstić information content (AvgIpc) is 1.61. The van der Waals surface area contributed by atoms with Gasteiger partial charge in [0.1, 0.15) is 5.97 Å². The molecule has 0 aliphatic carbocycles. The molecule has 0 bridgehead atoms. The van der Waals surface area contributed by atoms with Crippen LogP contribution in [0, 0.1) is 11.8 Å². The number of hydrogen-bond donors (Lipinski definition) is 1. The molecular weight excluding hydrogens is 128 g/mol. The molecule has 0 radical (unpaired) electrons. The van der Waals surface area contributed by atoms with Gasteiger partial charge in [-0.2, -0.15) is 0 Å². The van der Waals surface area contributed by atoms with Crippen LogP contribution in [0.3, 0.4) is 0 Å². The van der Waals surface area contributed by atoms with Crippen molar-refractivity contribution in [1.29, 1.82) is 0 Å². The third kappa shape index (κ3) is 5.05. The molecule has 0 aromatic carbocycles. The average molecular weight is 129 g/mol. The Hall–Kier alpha value is -0.950. The fourth-order valence-electron chi connectivity index (χ4n) is 0.104. The summed E-state index contributed by atoms with van der Waals surface area (Å²) in [6, 6.07) is 0. The van der Waals surface area contributed by atoms with Crippen molar-refractivity contribution >= 4 is 23.7 Å². The van der Waals surface area contributed by atoms with E-state index >= 15 is 0 Å². The molecule has 0 N–H and O–H groups in total. The van der Waals surface area contributed by atoms with Crippen molar-refractivity contribution in [3.63, 3.8) is 0 Å². The van der Waals surface area contributed by atoms with E-state index in [2.05, 4.69) is 12.6 Å². The molecule has 0 atom stereocenters. The number of aliphatic carboxylic acids is 1. The summed E-state index contributed by atoms with van der Waals surface area (Å²) in [6.45, 7) is 0. The van der Waals surface area contributed by atoms with Gasteiger partial charge in [-0.05, 0) is 11.8 Å². The molecule has 8 heavy (non-hydrogen) atoms.